The lowest BCUT2D eigenvalue weighted by Gasteiger charge is -2.13. The number of aliphatic hydroxyl groups is 1. The van der Waals surface area contributed by atoms with Crippen LogP contribution < -0.4 is 5.32 Å². The lowest BCUT2D eigenvalue weighted by atomic mass is 10.3. The lowest BCUT2D eigenvalue weighted by molar-refractivity contribution is 0.0365. The second-order valence-corrected chi connectivity index (χ2v) is 3.29. The molecule has 0 saturated heterocycles. The van der Waals surface area contributed by atoms with Gasteiger partial charge in [-0.15, -0.1) is 0 Å². The predicted octanol–water partition coefficient (Wildman–Crippen LogP) is 0.772. The van der Waals surface area contributed by atoms with Crippen molar-refractivity contribution in [2.75, 3.05) is 19.8 Å². The molecule has 0 bridgehead atoms. The van der Waals surface area contributed by atoms with E-state index in [1.54, 1.807) is 0 Å². The normalized spacial score (nSPS) is 13.8. The van der Waals surface area contributed by atoms with Crippen LogP contribution in [-0.4, -0.2) is 37.0 Å². The first-order valence-corrected chi connectivity index (χ1v) is 4.66. The topological polar surface area (TPSA) is 41.5 Å². The lowest BCUT2D eigenvalue weighted by Crippen LogP contribution is -2.34. The molecule has 3 nitrogen and oxygen atoms in total. The third-order valence-corrected chi connectivity index (χ3v) is 1.42. The minimum atomic E-state index is -0.376. The number of rotatable bonds is 7. The van der Waals surface area contributed by atoms with Crippen molar-refractivity contribution in [3.8, 4) is 0 Å². The van der Waals surface area contributed by atoms with Gasteiger partial charge in [0.15, 0.2) is 0 Å². The van der Waals surface area contributed by atoms with Crippen molar-refractivity contribution < 1.29 is 9.84 Å². The fraction of sp³-hybridized carbons (Fsp3) is 1.00. The van der Waals surface area contributed by atoms with Gasteiger partial charge in [-0.1, -0.05) is 20.8 Å². The first-order chi connectivity index (χ1) is 5.66. The van der Waals surface area contributed by atoms with Crippen molar-refractivity contribution in [3.05, 3.63) is 0 Å². The standard InChI is InChI=1S/C9H21NO2/c1-4-5-12-7-9(11)6-10-8(2)3/h8-11H,4-7H2,1-3H3. The fourth-order valence-corrected chi connectivity index (χ4v) is 0.794. The molecular weight excluding hydrogens is 154 g/mol. The van der Waals surface area contributed by atoms with Crippen molar-refractivity contribution in [2.45, 2.75) is 39.3 Å². The van der Waals surface area contributed by atoms with Gasteiger partial charge in [0, 0.05) is 19.2 Å². The third-order valence-electron chi connectivity index (χ3n) is 1.42. The zero-order valence-electron chi connectivity index (χ0n) is 8.34. The summed E-state index contributed by atoms with van der Waals surface area (Å²) in [6, 6.07) is 0.422. The number of hydrogen-bond acceptors (Lipinski definition) is 3. The average Bonchev–Trinajstić information content (AvgIpc) is 2.01. The highest BCUT2D eigenvalue weighted by atomic mass is 16.5. The molecule has 0 aliphatic rings. The van der Waals surface area contributed by atoms with Crippen LogP contribution in [0.2, 0.25) is 0 Å². The second kappa shape index (κ2) is 7.53. The molecule has 12 heavy (non-hydrogen) atoms. The van der Waals surface area contributed by atoms with Crippen molar-refractivity contribution >= 4 is 0 Å². The SMILES string of the molecule is CCCOCC(O)CNC(C)C. The van der Waals surface area contributed by atoms with E-state index < -0.39 is 0 Å². The Kier molecular flexibility index (Phi) is 7.45. The van der Waals surface area contributed by atoms with Crippen molar-refractivity contribution in [2.24, 2.45) is 0 Å². The van der Waals surface area contributed by atoms with Gasteiger partial charge in [0.1, 0.15) is 0 Å². The van der Waals surface area contributed by atoms with Gasteiger partial charge >= 0.3 is 0 Å². The molecule has 0 aromatic carbocycles. The van der Waals surface area contributed by atoms with Gasteiger partial charge in [0.05, 0.1) is 12.7 Å². The van der Waals surface area contributed by atoms with Crippen molar-refractivity contribution in [1.29, 1.82) is 0 Å². The van der Waals surface area contributed by atoms with Crippen LogP contribution in [0.4, 0.5) is 0 Å². The Morgan fingerprint density at radius 2 is 2.08 bits per heavy atom. The van der Waals surface area contributed by atoms with Crippen LogP contribution in [0.5, 0.6) is 0 Å². The van der Waals surface area contributed by atoms with Gasteiger partial charge < -0.3 is 15.2 Å². The molecule has 1 unspecified atom stereocenters. The average molecular weight is 175 g/mol. The zero-order chi connectivity index (χ0) is 9.40. The third kappa shape index (κ3) is 7.98. The van der Waals surface area contributed by atoms with Crippen LogP contribution in [0.3, 0.4) is 0 Å². The van der Waals surface area contributed by atoms with E-state index >= 15 is 0 Å². The molecule has 2 N–H and O–H groups in total. The molecule has 0 spiro atoms. The summed E-state index contributed by atoms with van der Waals surface area (Å²) in [5.74, 6) is 0. The van der Waals surface area contributed by atoms with E-state index in [4.69, 9.17) is 4.74 Å². The molecule has 0 radical (unpaired) electrons. The predicted molar refractivity (Wildman–Crippen MR) is 50.3 cm³/mol. The molecule has 74 valence electrons. The summed E-state index contributed by atoms with van der Waals surface area (Å²) in [6.45, 7) is 7.95. The summed E-state index contributed by atoms with van der Waals surface area (Å²) in [7, 11) is 0. The first-order valence-electron chi connectivity index (χ1n) is 4.66. The highest BCUT2D eigenvalue weighted by molar-refractivity contribution is 4.60. The maximum Gasteiger partial charge on any atom is 0.0897 e. The van der Waals surface area contributed by atoms with E-state index in [1.807, 2.05) is 0 Å². The molecule has 0 aromatic heterocycles. The van der Waals surface area contributed by atoms with Gasteiger partial charge in [0.25, 0.3) is 0 Å². The second-order valence-electron chi connectivity index (χ2n) is 3.29. The highest BCUT2D eigenvalue weighted by Gasteiger charge is 2.03. The summed E-state index contributed by atoms with van der Waals surface area (Å²) in [6.07, 6.45) is 0.628. The van der Waals surface area contributed by atoms with Gasteiger partial charge in [0.2, 0.25) is 0 Å². The number of nitrogens with one attached hydrogen (secondary N) is 1. The molecule has 0 aromatic rings. The van der Waals surface area contributed by atoms with E-state index in [-0.39, 0.29) is 6.10 Å². The quantitative estimate of drug-likeness (QED) is 0.562. The Bertz CT molecular complexity index is 96.5. The van der Waals surface area contributed by atoms with Gasteiger partial charge in [-0.25, -0.2) is 0 Å². The molecule has 0 amide bonds. The van der Waals surface area contributed by atoms with Crippen molar-refractivity contribution in [1.82, 2.24) is 5.32 Å². The smallest absolute Gasteiger partial charge is 0.0897 e. The van der Waals surface area contributed by atoms with Gasteiger partial charge in [-0.05, 0) is 6.42 Å². The van der Waals surface area contributed by atoms with Crippen LogP contribution in [0.1, 0.15) is 27.2 Å². The molecule has 0 saturated carbocycles. The minimum absolute atomic E-state index is 0.376. The zero-order valence-corrected chi connectivity index (χ0v) is 8.34. The molecule has 0 heterocycles. The van der Waals surface area contributed by atoms with Gasteiger partial charge in [-0.2, -0.15) is 0 Å². The van der Waals surface area contributed by atoms with Crippen LogP contribution in [0.25, 0.3) is 0 Å². The fourth-order valence-electron chi connectivity index (χ4n) is 0.794. The van der Waals surface area contributed by atoms with E-state index in [1.165, 1.54) is 0 Å². The Morgan fingerprint density at radius 3 is 2.58 bits per heavy atom. The summed E-state index contributed by atoms with van der Waals surface area (Å²) in [4.78, 5) is 0. The highest BCUT2D eigenvalue weighted by Crippen LogP contribution is 1.87. The minimum Gasteiger partial charge on any atom is -0.389 e. The van der Waals surface area contributed by atoms with Crippen LogP contribution >= 0.6 is 0 Å². The molecule has 0 rings (SSSR count). The monoisotopic (exact) mass is 175 g/mol. The Balaban J connectivity index is 3.15. The molecule has 0 aliphatic carbocycles. The van der Waals surface area contributed by atoms with Crippen molar-refractivity contribution in [3.63, 3.8) is 0 Å². The van der Waals surface area contributed by atoms with E-state index in [0.717, 1.165) is 13.0 Å². The summed E-state index contributed by atoms with van der Waals surface area (Å²) < 4.78 is 5.19. The molecule has 3 heteroatoms. The summed E-state index contributed by atoms with van der Waals surface area (Å²) in [5.41, 5.74) is 0. The Morgan fingerprint density at radius 1 is 1.42 bits per heavy atom. The number of aliphatic hydroxyl groups excluding tert-OH is 1. The van der Waals surface area contributed by atoms with E-state index in [0.29, 0.717) is 19.2 Å². The molecular formula is C9H21NO2. The Hall–Kier alpha value is -0.120. The van der Waals surface area contributed by atoms with E-state index in [2.05, 4.69) is 26.1 Å². The van der Waals surface area contributed by atoms with E-state index in [9.17, 15) is 5.11 Å². The van der Waals surface area contributed by atoms with Crippen LogP contribution in [-0.2, 0) is 4.74 Å². The Labute approximate surface area is 75.1 Å². The van der Waals surface area contributed by atoms with Crippen LogP contribution in [0, 0.1) is 0 Å². The van der Waals surface area contributed by atoms with Crippen LogP contribution in [0.15, 0.2) is 0 Å². The van der Waals surface area contributed by atoms with Gasteiger partial charge in [-0.3, -0.25) is 0 Å². The largest absolute Gasteiger partial charge is 0.389 e. The molecule has 1 atom stereocenters. The first kappa shape index (κ1) is 11.9. The summed E-state index contributed by atoms with van der Waals surface area (Å²) >= 11 is 0. The number of hydrogen-bond donors (Lipinski definition) is 2. The molecule has 0 aliphatic heterocycles. The maximum absolute atomic E-state index is 9.34. The number of ether oxygens (including phenoxy) is 1. The summed E-state index contributed by atoms with van der Waals surface area (Å²) in [5, 5.41) is 12.5. The maximum atomic E-state index is 9.34. The molecule has 0 fully saturated rings.